The van der Waals surface area contributed by atoms with Crippen molar-refractivity contribution >= 4 is 34.2 Å². The van der Waals surface area contributed by atoms with E-state index in [0.29, 0.717) is 32.2 Å². The molecule has 3 heterocycles. The number of carbonyl (C=O) groups excluding carboxylic acids is 3. The number of rotatable bonds is 12. The minimum Gasteiger partial charge on any atom is -0.466 e. The Balaban J connectivity index is 1.54. The molecule has 3 fully saturated rings. The predicted molar refractivity (Wildman–Crippen MR) is 153 cm³/mol. The minimum absolute atomic E-state index is 0.130. The van der Waals surface area contributed by atoms with Crippen LogP contribution in [0.5, 0.6) is 0 Å². The molecule has 1 N–H and O–H groups in total. The molecule has 0 saturated carbocycles. The first-order valence-corrected chi connectivity index (χ1v) is 14.5. The average Bonchev–Trinajstić information content (AvgIpc) is 3.51. The highest BCUT2D eigenvalue weighted by Gasteiger charge is 2.78. The van der Waals surface area contributed by atoms with Gasteiger partial charge in [-0.15, -0.1) is 6.58 Å². The summed E-state index contributed by atoms with van der Waals surface area (Å²) in [4.78, 5) is 45.4. The Hall–Kier alpha value is -3.23. The van der Waals surface area contributed by atoms with Crippen LogP contribution in [0.3, 0.4) is 0 Å². The summed E-state index contributed by atoms with van der Waals surface area (Å²) < 4.78 is 12.1. The van der Waals surface area contributed by atoms with Crippen molar-refractivity contribution in [2.75, 3.05) is 31.2 Å². The fourth-order valence-corrected chi connectivity index (χ4v) is 7.23. The quantitative estimate of drug-likeness (QED) is 0.242. The Morgan fingerprint density at radius 2 is 1.90 bits per heavy atom. The van der Waals surface area contributed by atoms with E-state index in [4.69, 9.17) is 14.6 Å². The third kappa shape index (κ3) is 4.61. The number of hydrogen-bond acceptors (Lipinski definition) is 6. The van der Waals surface area contributed by atoms with Crippen molar-refractivity contribution < 1.29 is 29.0 Å². The second kappa shape index (κ2) is 11.3. The maximum atomic E-state index is 14.6. The molecule has 3 aliphatic rings. The highest BCUT2D eigenvalue weighted by molar-refractivity contribution is 6.05. The lowest BCUT2D eigenvalue weighted by atomic mass is 9.66. The van der Waals surface area contributed by atoms with Crippen LogP contribution in [0.25, 0.3) is 10.8 Å². The van der Waals surface area contributed by atoms with Gasteiger partial charge in [-0.3, -0.25) is 14.4 Å². The number of benzene rings is 2. The first kappa shape index (κ1) is 28.3. The summed E-state index contributed by atoms with van der Waals surface area (Å²) in [6.45, 7) is 8.52. The zero-order chi connectivity index (χ0) is 28.5. The number of esters is 1. The minimum atomic E-state index is -1.10. The van der Waals surface area contributed by atoms with Crippen molar-refractivity contribution in [3.05, 3.63) is 55.1 Å². The SMILES string of the molecule is C=CCN(C(=O)C1N(CCCCCCO)C(=O)[C@@H]2[C@H](C(=O)OCC)[C@]3(C)CCC12O3)c1ccc2ccccc2c1. The molecular formula is C32H40N2O6. The molecule has 3 saturated heterocycles. The zero-order valence-corrected chi connectivity index (χ0v) is 23.5. The highest BCUT2D eigenvalue weighted by atomic mass is 16.6. The number of aliphatic hydroxyl groups excluding tert-OH is 1. The van der Waals surface area contributed by atoms with Gasteiger partial charge in [0, 0.05) is 25.4 Å². The molecule has 8 heteroatoms. The summed E-state index contributed by atoms with van der Waals surface area (Å²) in [5.74, 6) is -2.39. The van der Waals surface area contributed by atoms with Crippen molar-refractivity contribution in [1.29, 1.82) is 0 Å². The number of anilines is 1. The van der Waals surface area contributed by atoms with E-state index < -0.39 is 35.0 Å². The van der Waals surface area contributed by atoms with Crippen molar-refractivity contribution in [3.8, 4) is 0 Å². The van der Waals surface area contributed by atoms with E-state index in [1.54, 1.807) is 22.8 Å². The number of amides is 2. The average molecular weight is 549 g/mol. The first-order chi connectivity index (χ1) is 19.3. The Morgan fingerprint density at radius 1 is 1.15 bits per heavy atom. The fraction of sp³-hybridized carbons (Fsp3) is 0.531. The summed E-state index contributed by atoms with van der Waals surface area (Å²) in [7, 11) is 0. The molecule has 2 amide bonds. The van der Waals surface area contributed by atoms with E-state index in [-0.39, 0.29) is 31.6 Å². The second-order valence-corrected chi connectivity index (χ2v) is 11.4. The predicted octanol–water partition coefficient (Wildman–Crippen LogP) is 4.24. The number of hydrogen-bond donors (Lipinski definition) is 1. The molecule has 2 aromatic carbocycles. The van der Waals surface area contributed by atoms with Gasteiger partial charge >= 0.3 is 5.97 Å². The van der Waals surface area contributed by atoms with Crippen molar-refractivity contribution in [1.82, 2.24) is 4.90 Å². The van der Waals surface area contributed by atoms with Crippen LogP contribution in [-0.2, 0) is 23.9 Å². The van der Waals surface area contributed by atoms with Crippen LogP contribution in [0.15, 0.2) is 55.1 Å². The Kier molecular flexibility index (Phi) is 8.02. The molecule has 5 atom stereocenters. The van der Waals surface area contributed by atoms with Gasteiger partial charge in [-0.1, -0.05) is 49.2 Å². The number of likely N-dealkylation sites (tertiary alicyclic amines) is 1. The van der Waals surface area contributed by atoms with E-state index in [1.165, 1.54) is 0 Å². The van der Waals surface area contributed by atoms with Crippen LogP contribution < -0.4 is 4.90 Å². The maximum absolute atomic E-state index is 14.6. The lowest BCUT2D eigenvalue weighted by molar-refractivity contribution is -0.159. The number of unbranched alkanes of at least 4 members (excludes halogenated alkanes) is 3. The number of ether oxygens (including phenoxy) is 2. The van der Waals surface area contributed by atoms with Gasteiger partial charge in [0.05, 0.1) is 18.1 Å². The lowest BCUT2D eigenvalue weighted by Gasteiger charge is -2.37. The molecule has 8 nitrogen and oxygen atoms in total. The van der Waals surface area contributed by atoms with Gasteiger partial charge < -0.3 is 24.4 Å². The van der Waals surface area contributed by atoms with Crippen molar-refractivity contribution in [2.45, 2.75) is 69.6 Å². The molecule has 0 aromatic heterocycles. The van der Waals surface area contributed by atoms with E-state index in [2.05, 4.69) is 6.58 Å². The van der Waals surface area contributed by atoms with Crippen LogP contribution in [0.1, 0.15) is 52.4 Å². The van der Waals surface area contributed by atoms with E-state index in [9.17, 15) is 14.4 Å². The molecular weight excluding hydrogens is 508 g/mol. The van der Waals surface area contributed by atoms with Gasteiger partial charge in [0.15, 0.2) is 0 Å². The number of fused-ring (bicyclic) bond motifs is 2. The largest absolute Gasteiger partial charge is 0.466 e. The molecule has 2 unspecified atom stereocenters. The number of nitrogens with zero attached hydrogens (tertiary/aromatic N) is 2. The van der Waals surface area contributed by atoms with E-state index >= 15 is 0 Å². The molecule has 3 aliphatic heterocycles. The highest BCUT2D eigenvalue weighted by Crippen LogP contribution is 2.63. The maximum Gasteiger partial charge on any atom is 0.312 e. The van der Waals surface area contributed by atoms with Gasteiger partial charge in [0.1, 0.15) is 17.6 Å². The molecule has 5 rings (SSSR count). The zero-order valence-electron chi connectivity index (χ0n) is 23.5. The molecule has 2 bridgehead atoms. The number of aliphatic hydroxyl groups is 1. The normalized spacial score (nSPS) is 28.6. The van der Waals surface area contributed by atoms with Crippen molar-refractivity contribution in [3.63, 3.8) is 0 Å². The molecule has 0 radical (unpaired) electrons. The number of carbonyl (C=O) groups is 3. The van der Waals surface area contributed by atoms with Crippen LogP contribution in [-0.4, -0.2) is 71.3 Å². The first-order valence-electron chi connectivity index (χ1n) is 14.5. The Morgan fingerprint density at radius 3 is 2.62 bits per heavy atom. The summed E-state index contributed by atoms with van der Waals surface area (Å²) in [5, 5.41) is 11.2. The standard InChI is InChI=1S/C32H40N2O6/c1-4-18-33(24-15-14-22-12-8-9-13-23(22)21-24)29(37)27-32-17-16-31(3,40-32)26(30(38)39-5-2)25(32)28(36)34(27)19-10-6-7-11-20-35/h4,8-9,12-15,21,25-27,35H,1,5-7,10-11,16-20H2,2-3H3/t25-,26+,27?,31-,32?/m0/s1. The summed E-state index contributed by atoms with van der Waals surface area (Å²) in [6.07, 6.45) is 5.84. The van der Waals surface area contributed by atoms with Crippen LogP contribution in [0, 0.1) is 11.8 Å². The Labute approximate surface area is 235 Å². The summed E-state index contributed by atoms with van der Waals surface area (Å²) >= 11 is 0. The van der Waals surface area contributed by atoms with Gasteiger partial charge in [-0.2, -0.15) is 0 Å². The topological polar surface area (TPSA) is 96.4 Å². The second-order valence-electron chi connectivity index (χ2n) is 11.4. The summed E-state index contributed by atoms with van der Waals surface area (Å²) in [5.41, 5.74) is -1.23. The van der Waals surface area contributed by atoms with Gasteiger partial charge in [-0.25, -0.2) is 0 Å². The van der Waals surface area contributed by atoms with Crippen molar-refractivity contribution in [2.24, 2.45) is 11.8 Å². The summed E-state index contributed by atoms with van der Waals surface area (Å²) in [6, 6.07) is 13.0. The lowest BCUT2D eigenvalue weighted by Crippen LogP contribution is -2.56. The van der Waals surface area contributed by atoms with E-state index in [0.717, 1.165) is 29.3 Å². The van der Waals surface area contributed by atoms with Gasteiger partial charge in [0.2, 0.25) is 5.91 Å². The third-order valence-corrected chi connectivity index (χ3v) is 8.98. The smallest absolute Gasteiger partial charge is 0.312 e. The monoisotopic (exact) mass is 548 g/mol. The van der Waals surface area contributed by atoms with Gasteiger partial charge in [-0.05, 0) is 62.4 Å². The Bertz CT molecular complexity index is 1300. The molecule has 40 heavy (non-hydrogen) atoms. The van der Waals surface area contributed by atoms with Crippen LogP contribution in [0.4, 0.5) is 5.69 Å². The molecule has 214 valence electrons. The third-order valence-electron chi connectivity index (χ3n) is 8.98. The van der Waals surface area contributed by atoms with Gasteiger partial charge in [0.25, 0.3) is 5.91 Å². The fourth-order valence-electron chi connectivity index (χ4n) is 7.23. The molecule has 2 aromatic rings. The molecule has 0 aliphatic carbocycles. The molecule has 1 spiro atoms. The van der Waals surface area contributed by atoms with Crippen LogP contribution >= 0.6 is 0 Å². The van der Waals surface area contributed by atoms with E-state index in [1.807, 2.05) is 49.4 Å². The van der Waals surface area contributed by atoms with Crippen LogP contribution in [0.2, 0.25) is 0 Å².